The van der Waals surface area contributed by atoms with Crippen LogP contribution in [0, 0.1) is 17.3 Å². The summed E-state index contributed by atoms with van der Waals surface area (Å²) in [5, 5.41) is 0. The molecule has 0 bridgehead atoms. The van der Waals surface area contributed by atoms with Gasteiger partial charge in [0.15, 0.2) is 0 Å². The van der Waals surface area contributed by atoms with Crippen LogP contribution in [0.2, 0.25) is 0 Å². The number of ether oxygens (including phenoxy) is 1. The smallest absolute Gasteiger partial charge is 0.230 e. The van der Waals surface area contributed by atoms with Gasteiger partial charge >= 0.3 is 0 Å². The van der Waals surface area contributed by atoms with Crippen molar-refractivity contribution in [1.29, 1.82) is 0 Å². The average molecular weight is 421 g/mol. The number of hydrogen-bond acceptors (Lipinski definition) is 3. The zero-order chi connectivity index (χ0) is 22.2. The molecule has 1 aliphatic carbocycles. The van der Waals surface area contributed by atoms with E-state index in [4.69, 9.17) is 4.74 Å². The van der Waals surface area contributed by atoms with Crippen LogP contribution < -0.4 is 4.74 Å². The Balaban J connectivity index is 1.55. The molecule has 0 aromatic heterocycles. The van der Waals surface area contributed by atoms with E-state index in [0.29, 0.717) is 31.8 Å². The molecule has 2 fully saturated rings. The Bertz CT molecular complexity index is 969. The lowest BCUT2D eigenvalue weighted by Crippen LogP contribution is -2.45. The summed E-state index contributed by atoms with van der Waals surface area (Å²) in [5.41, 5.74) is 2.69. The van der Waals surface area contributed by atoms with E-state index in [9.17, 15) is 9.59 Å². The van der Waals surface area contributed by atoms with Gasteiger partial charge in [0, 0.05) is 38.7 Å². The van der Waals surface area contributed by atoms with Gasteiger partial charge in [0.1, 0.15) is 5.75 Å². The SMILES string of the molecule is COc1ccccc1-c1ccc(CC2(C(=O)N(C)C)CCN(C(=O)C3CC3C)C2)cc1. The number of nitrogens with zero attached hydrogens (tertiary/aromatic N) is 2. The second-order valence-corrected chi connectivity index (χ2v) is 9.38. The Morgan fingerprint density at radius 1 is 1.13 bits per heavy atom. The molecule has 0 radical (unpaired) electrons. The van der Waals surface area contributed by atoms with Gasteiger partial charge in [-0.25, -0.2) is 0 Å². The Morgan fingerprint density at radius 2 is 1.81 bits per heavy atom. The minimum atomic E-state index is -0.552. The van der Waals surface area contributed by atoms with Gasteiger partial charge in [-0.15, -0.1) is 0 Å². The van der Waals surface area contributed by atoms with Gasteiger partial charge < -0.3 is 14.5 Å². The first-order chi connectivity index (χ1) is 14.8. The van der Waals surface area contributed by atoms with E-state index < -0.39 is 5.41 Å². The lowest BCUT2D eigenvalue weighted by Gasteiger charge is -2.31. The van der Waals surface area contributed by atoms with E-state index >= 15 is 0 Å². The van der Waals surface area contributed by atoms with Gasteiger partial charge in [0.2, 0.25) is 11.8 Å². The molecule has 1 aliphatic heterocycles. The van der Waals surface area contributed by atoms with E-state index in [2.05, 4.69) is 31.2 Å². The van der Waals surface area contributed by atoms with Gasteiger partial charge in [-0.2, -0.15) is 0 Å². The maximum absolute atomic E-state index is 13.2. The van der Waals surface area contributed by atoms with E-state index in [1.807, 2.05) is 43.3 Å². The highest BCUT2D eigenvalue weighted by atomic mass is 16.5. The maximum Gasteiger partial charge on any atom is 0.230 e. The molecule has 2 aromatic carbocycles. The molecular weight excluding hydrogens is 388 g/mol. The van der Waals surface area contributed by atoms with Crippen LogP contribution in [0.4, 0.5) is 0 Å². The first-order valence-corrected chi connectivity index (χ1v) is 11.1. The molecule has 5 heteroatoms. The number of para-hydroxylation sites is 1. The number of likely N-dealkylation sites (tertiary alicyclic amines) is 1. The number of rotatable bonds is 6. The number of methoxy groups -OCH3 is 1. The zero-order valence-corrected chi connectivity index (χ0v) is 18.9. The summed E-state index contributed by atoms with van der Waals surface area (Å²) in [6.45, 7) is 3.31. The Labute approximate surface area is 185 Å². The molecule has 0 spiro atoms. The monoisotopic (exact) mass is 420 g/mol. The molecule has 3 atom stereocenters. The molecular formula is C26H32N2O3. The van der Waals surface area contributed by atoms with Crippen molar-refractivity contribution >= 4 is 11.8 Å². The molecule has 2 aliphatic rings. The highest BCUT2D eigenvalue weighted by Gasteiger charge is 2.50. The molecule has 5 nitrogen and oxygen atoms in total. The maximum atomic E-state index is 13.2. The Morgan fingerprint density at radius 3 is 2.42 bits per heavy atom. The van der Waals surface area contributed by atoms with Crippen molar-refractivity contribution in [2.45, 2.75) is 26.2 Å². The highest BCUT2D eigenvalue weighted by Crippen LogP contribution is 2.43. The van der Waals surface area contributed by atoms with Crippen molar-refractivity contribution < 1.29 is 14.3 Å². The van der Waals surface area contributed by atoms with Crippen molar-refractivity contribution in [3.05, 3.63) is 54.1 Å². The van der Waals surface area contributed by atoms with Gasteiger partial charge in [-0.3, -0.25) is 9.59 Å². The van der Waals surface area contributed by atoms with Crippen molar-refractivity contribution in [3.63, 3.8) is 0 Å². The van der Waals surface area contributed by atoms with Crippen molar-refractivity contribution in [2.24, 2.45) is 17.3 Å². The van der Waals surface area contributed by atoms with Gasteiger partial charge in [-0.1, -0.05) is 49.4 Å². The molecule has 0 N–H and O–H groups in total. The Kier molecular flexibility index (Phi) is 5.78. The first kappa shape index (κ1) is 21.4. The molecule has 1 heterocycles. The first-order valence-electron chi connectivity index (χ1n) is 11.1. The molecule has 1 saturated carbocycles. The number of carbonyl (C=O) groups excluding carboxylic acids is 2. The van der Waals surface area contributed by atoms with Crippen LogP contribution in [0.15, 0.2) is 48.5 Å². The summed E-state index contributed by atoms with van der Waals surface area (Å²) in [5.74, 6) is 1.82. The van der Waals surface area contributed by atoms with E-state index in [-0.39, 0.29) is 17.7 Å². The number of benzene rings is 2. The lowest BCUT2D eigenvalue weighted by atomic mass is 9.79. The molecule has 3 unspecified atom stereocenters. The van der Waals surface area contributed by atoms with Crippen LogP contribution in [0.5, 0.6) is 5.75 Å². The average Bonchev–Trinajstić information content (AvgIpc) is 3.36. The predicted octanol–water partition coefficient (Wildman–Crippen LogP) is 3.87. The summed E-state index contributed by atoms with van der Waals surface area (Å²) >= 11 is 0. The molecule has 164 valence electrons. The predicted molar refractivity (Wildman–Crippen MR) is 122 cm³/mol. The van der Waals surface area contributed by atoms with Crippen LogP contribution in [-0.2, 0) is 16.0 Å². The number of hydrogen-bond donors (Lipinski definition) is 0. The molecule has 2 aromatic rings. The molecule has 31 heavy (non-hydrogen) atoms. The van der Waals surface area contributed by atoms with Crippen LogP contribution in [0.3, 0.4) is 0 Å². The molecule has 2 amide bonds. The lowest BCUT2D eigenvalue weighted by molar-refractivity contribution is -0.140. The second-order valence-electron chi connectivity index (χ2n) is 9.38. The third kappa shape index (κ3) is 4.18. The van der Waals surface area contributed by atoms with Gasteiger partial charge in [0.25, 0.3) is 0 Å². The summed E-state index contributed by atoms with van der Waals surface area (Å²) in [6, 6.07) is 16.3. The third-order valence-electron chi connectivity index (χ3n) is 6.87. The van der Waals surface area contributed by atoms with Crippen molar-refractivity contribution in [2.75, 3.05) is 34.3 Å². The fourth-order valence-corrected chi connectivity index (χ4v) is 4.91. The number of amides is 2. The highest BCUT2D eigenvalue weighted by molar-refractivity contribution is 5.87. The molecule has 1 saturated heterocycles. The zero-order valence-electron chi connectivity index (χ0n) is 18.9. The standard InChI is InChI=1S/C26H32N2O3/c1-18-15-22(18)24(29)28-14-13-26(17-28,25(30)27(2)3)16-19-9-11-20(12-10-19)21-7-5-6-8-23(21)31-4/h5-12,18,22H,13-17H2,1-4H3. The van der Waals surface area contributed by atoms with E-state index in [1.165, 1.54) is 0 Å². The fraction of sp³-hybridized carbons (Fsp3) is 0.462. The summed E-state index contributed by atoms with van der Waals surface area (Å²) in [6.07, 6.45) is 2.33. The summed E-state index contributed by atoms with van der Waals surface area (Å²) in [7, 11) is 5.30. The largest absolute Gasteiger partial charge is 0.496 e. The van der Waals surface area contributed by atoms with Crippen molar-refractivity contribution in [1.82, 2.24) is 9.80 Å². The summed E-state index contributed by atoms with van der Waals surface area (Å²) < 4.78 is 5.49. The van der Waals surface area contributed by atoms with Crippen LogP contribution in [-0.4, -0.2) is 55.9 Å². The third-order valence-corrected chi connectivity index (χ3v) is 6.87. The van der Waals surface area contributed by atoms with Crippen LogP contribution in [0.25, 0.3) is 11.1 Å². The van der Waals surface area contributed by atoms with Crippen LogP contribution >= 0.6 is 0 Å². The molecule has 4 rings (SSSR count). The second kappa shape index (κ2) is 8.37. The number of carbonyl (C=O) groups is 2. The van der Waals surface area contributed by atoms with E-state index in [1.54, 1.807) is 12.0 Å². The Hall–Kier alpha value is -2.82. The summed E-state index contributed by atoms with van der Waals surface area (Å²) in [4.78, 5) is 29.6. The quantitative estimate of drug-likeness (QED) is 0.713. The van der Waals surface area contributed by atoms with Gasteiger partial charge in [-0.05, 0) is 42.4 Å². The van der Waals surface area contributed by atoms with Crippen molar-refractivity contribution in [3.8, 4) is 16.9 Å². The topological polar surface area (TPSA) is 49.9 Å². The van der Waals surface area contributed by atoms with Gasteiger partial charge in [0.05, 0.1) is 12.5 Å². The van der Waals surface area contributed by atoms with Crippen LogP contribution in [0.1, 0.15) is 25.3 Å². The fourth-order valence-electron chi connectivity index (χ4n) is 4.91. The normalized spacial score (nSPS) is 24.7. The minimum Gasteiger partial charge on any atom is -0.496 e. The minimum absolute atomic E-state index is 0.112. The van der Waals surface area contributed by atoms with E-state index in [0.717, 1.165) is 28.9 Å².